The molecule has 4 aromatic rings. The number of benzene rings is 2. The SMILES string of the molecule is Cc1scnc1COCNc1nn(Cc2ccc(C(F)(F)F)cc2)c2ccccc12. The first-order chi connectivity index (χ1) is 14.4. The average Bonchev–Trinajstić information content (AvgIpc) is 3.29. The lowest BCUT2D eigenvalue weighted by Crippen LogP contribution is -2.09. The number of nitrogens with one attached hydrogen (secondary N) is 1. The molecule has 0 amide bonds. The van der Waals surface area contributed by atoms with Crippen molar-refractivity contribution in [1.82, 2.24) is 14.8 Å². The van der Waals surface area contributed by atoms with Gasteiger partial charge in [0.25, 0.3) is 0 Å². The number of para-hydroxylation sites is 1. The van der Waals surface area contributed by atoms with E-state index in [2.05, 4.69) is 15.4 Å². The number of aryl methyl sites for hydroxylation is 1. The first-order valence-electron chi connectivity index (χ1n) is 9.24. The molecule has 0 bridgehead atoms. The zero-order chi connectivity index (χ0) is 21.1. The van der Waals surface area contributed by atoms with Crippen molar-refractivity contribution in [2.24, 2.45) is 0 Å². The van der Waals surface area contributed by atoms with Crippen LogP contribution in [0.4, 0.5) is 19.0 Å². The van der Waals surface area contributed by atoms with Crippen LogP contribution >= 0.6 is 11.3 Å². The molecule has 0 aliphatic carbocycles. The molecule has 0 aliphatic heterocycles. The van der Waals surface area contributed by atoms with Crippen LogP contribution in [-0.2, 0) is 24.1 Å². The van der Waals surface area contributed by atoms with Gasteiger partial charge in [0, 0.05) is 10.3 Å². The number of nitrogens with zero attached hydrogens (tertiary/aromatic N) is 3. The van der Waals surface area contributed by atoms with Crippen molar-refractivity contribution in [3.05, 3.63) is 75.7 Å². The number of thiazole rings is 1. The lowest BCUT2D eigenvalue weighted by molar-refractivity contribution is -0.137. The number of anilines is 1. The minimum atomic E-state index is -4.34. The maximum absolute atomic E-state index is 12.8. The van der Waals surface area contributed by atoms with Crippen molar-refractivity contribution in [2.45, 2.75) is 26.3 Å². The molecule has 0 spiro atoms. The van der Waals surface area contributed by atoms with E-state index in [1.807, 2.05) is 31.2 Å². The van der Waals surface area contributed by atoms with Gasteiger partial charge >= 0.3 is 6.18 Å². The summed E-state index contributed by atoms with van der Waals surface area (Å²) in [5.41, 5.74) is 3.66. The predicted octanol–water partition coefficient (Wildman–Crippen LogP) is 5.45. The molecular weight excluding hydrogens is 413 g/mol. The standard InChI is InChI=1S/C21H19F3N4OS/c1-14-18(26-13-30-14)11-29-12-25-20-17-4-2-3-5-19(17)28(27-20)10-15-6-8-16(9-7-15)21(22,23)24/h2-9,13H,10-12H2,1H3,(H,25,27). The maximum atomic E-state index is 12.8. The van der Waals surface area contributed by atoms with Crippen molar-refractivity contribution in [3.63, 3.8) is 0 Å². The van der Waals surface area contributed by atoms with Gasteiger partial charge in [0.2, 0.25) is 0 Å². The Morgan fingerprint density at radius 1 is 1.10 bits per heavy atom. The van der Waals surface area contributed by atoms with Gasteiger partial charge in [-0.25, -0.2) is 4.98 Å². The number of hydrogen-bond donors (Lipinski definition) is 1. The van der Waals surface area contributed by atoms with Gasteiger partial charge in [-0.1, -0.05) is 24.3 Å². The minimum Gasteiger partial charge on any atom is -0.355 e. The molecule has 5 nitrogen and oxygen atoms in total. The minimum absolute atomic E-state index is 0.262. The summed E-state index contributed by atoms with van der Waals surface area (Å²) in [7, 11) is 0. The van der Waals surface area contributed by atoms with Crippen molar-refractivity contribution in [2.75, 3.05) is 12.0 Å². The smallest absolute Gasteiger partial charge is 0.355 e. The highest BCUT2D eigenvalue weighted by molar-refractivity contribution is 7.09. The van der Waals surface area contributed by atoms with Gasteiger partial charge in [-0.2, -0.15) is 18.3 Å². The van der Waals surface area contributed by atoms with E-state index in [4.69, 9.17) is 4.74 Å². The Morgan fingerprint density at radius 3 is 2.57 bits per heavy atom. The van der Waals surface area contributed by atoms with Crippen LogP contribution in [0, 0.1) is 6.92 Å². The molecule has 0 atom stereocenters. The molecule has 30 heavy (non-hydrogen) atoms. The van der Waals surface area contributed by atoms with Crippen molar-refractivity contribution >= 4 is 28.1 Å². The molecule has 156 valence electrons. The quantitative estimate of drug-likeness (QED) is 0.311. The number of fused-ring (bicyclic) bond motifs is 1. The zero-order valence-electron chi connectivity index (χ0n) is 16.1. The molecule has 9 heteroatoms. The second kappa shape index (κ2) is 8.45. The van der Waals surface area contributed by atoms with Crippen LogP contribution in [0.15, 0.2) is 54.0 Å². The molecule has 0 saturated carbocycles. The summed E-state index contributed by atoms with van der Waals surface area (Å²) in [4.78, 5) is 5.38. The Labute approximate surface area is 175 Å². The number of halogens is 3. The Morgan fingerprint density at radius 2 is 1.87 bits per heavy atom. The molecule has 0 aliphatic rings. The molecule has 0 unspecified atom stereocenters. The van der Waals surface area contributed by atoms with E-state index in [-0.39, 0.29) is 6.73 Å². The number of rotatable bonds is 7. The van der Waals surface area contributed by atoms with E-state index in [1.165, 1.54) is 12.1 Å². The summed E-state index contributed by atoms with van der Waals surface area (Å²) in [6, 6.07) is 12.8. The third kappa shape index (κ3) is 4.47. The van der Waals surface area contributed by atoms with Gasteiger partial charge in [0.05, 0.1) is 35.4 Å². The van der Waals surface area contributed by atoms with Crippen LogP contribution in [0.25, 0.3) is 10.9 Å². The Kier molecular flexibility index (Phi) is 5.74. The lowest BCUT2D eigenvalue weighted by Gasteiger charge is -2.08. The highest BCUT2D eigenvalue weighted by Gasteiger charge is 2.29. The monoisotopic (exact) mass is 432 g/mol. The summed E-state index contributed by atoms with van der Waals surface area (Å²) in [5, 5.41) is 8.69. The van der Waals surface area contributed by atoms with E-state index in [0.29, 0.717) is 19.0 Å². The molecule has 2 heterocycles. The van der Waals surface area contributed by atoms with Crippen molar-refractivity contribution in [3.8, 4) is 0 Å². The summed E-state index contributed by atoms with van der Waals surface area (Å²) < 4.78 is 45.8. The van der Waals surface area contributed by atoms with Gasteiger partial charge in [0.15, 0.2) is 5.82 Å². The van der Waals surface area contributed by atoms with Crippen molar-refractivity contribution < 1.29 is 17.9 Å². The van der Waals surface area contributed by atoms with Crippen LogP contribution in [0.5, 0.6) is 0 Å². The van der Waals surface area contributed by atoms with Gasteiger partial charge in [0.1, 0.15) is 6.73 Å². The van der Waals surface area contributed by atoms with E-state index >= 15 is 0 Å². The maximum Gasteiger partial charge on any atom is 0.416 e. The zero-order valence-corrected chi connectivity index (χ0v) is 16.9. The summed E-state index contributed by atoms with van der Waals surface area (Å²) >= 11 is 1.58. The molecule has 0 saturated heterocycles. The van der Waals surface area contributed by atoms with Gasteiger partial charge in [-0.3, -0.25) is 4.68 Å². The fourth-order valence-corrected chi connectivity index (χ4v) is 3.67. The lowest BCUT2D eigenvalue weighted by atomic mass is 10.1. The van der Waals surface area contributed by atoms with Crippen molar-refractivity contribution in [1.29, 1.82) is 0 Å². The van der Waals surface area contributed by atoms with Crippen LogP contribution in [0.1, 0.15) is 21.7 Å². The van der Waals surface area contributed by atoms with Crippen LogP contribution < -0.4 is 5.32 Å². The molecule has 1 N–H and O–H groups in total. The van der Waals surface area contributed by atoms with E-state index in [0.717, 1.165) is 39.2 Å². The average molecular weight is 432 g/mol. The number of ether oxygens (including phenoxy) is 1. The second-order valence-corrected chi connectivity index (χ2v) is 7.80. The Balaban J connectivity index is 1.47. The third-order valence-corrected chi connectivity index (χ3v) is 5.50. The van der Waals surface area contributed by atoms with Gasteiger partial charge < -0.3 is 10.1 Å². The predicted molar refractivity (Wildman–Crippen MR) is 110 cm³/mol. The highest BCUT2D eigenvalue weighted by Crippen LogP contribution is 2.29. The van der Waals surface area contributed by atoms with Crippen LogP contribution in [0.2, 0.25) is 0 Å². The molecule has 4 rings (SSSR count). The third-order valence-electron chi connectivity index (χ3n) is 4.70. The number of alkyl halides is 3. The molecule has 2 aromatic heterocycles. The van der Waals surface area contributed by atoms with Crippen LogP contribution in [-0.4, -0.2) is 21.5 Å². The highest BCUT2D eigenvalue weighted by atomic mass is 32.1. The largest absolute Gasteiger partial charge is 0.416 e. The van der Waals surface area contributed by atoms with E-state index < -0.39 is 11.7 Å². The normalized spacial score (nSPS) is 11.9. The van der Waals surface area contributed by atoms with Gasteiger partial charge in [-0.05, 0) is 36.8 Å². The summed E-state index contributed by atoms with van der Waals surface area (Å²) in [5.74, 6) is 0.660. The van der Waals surface area contributed by atoms with Crippen LogP contribution in [0.3, 0.4) is 0 Å². The van der Waals surface area contributed by atoms with Gasteiger partial charge in [-0.15, -0.1) is 11.3 Å². The molecule has 0 radical (unpaired) electrons. The Hall–Kier alpha value is -2.91. The van der Waals surface area contributed by atoms with E-state index in [1.54, 1.807) is 21.5 Å². The first-order valence-corrected chi connectivity index (χ1v) is 10.1. The number of aromatic nitrogens is 3. The fourth-order valence-electron chi connectivity index (χ4n) is 3.08. The molecule has 0 fully saturated rings. The fraction of sp³-hybridized carbons (Fsp3) is 0.238. The second-order valence-electron chi connectivity index (χ2n) is 6.74. The summed E-state index contributed by atoms with van der Waals surface area (Å²) in [6.45, 7) is 3.03. The first kappa shape index (κ1) is 20.4. The molecular formula is C21H19F3N4OS. The number of hydrogen-bond acceptors (Lipinski definition) is 5. The van der Waals surface area contributed by atoms with E-state index in [9.17, 15) is 13.2 Å². The Bertz CT molecular complexity index is 1140. The topological polar surface area (TPSA) is 52.0 Å². The summed E-state index contributed by atoms with van der Waals surface area (Å²) in [6.07, 6.45) is -4.34. The molecule has 2 aromatic carbocycles.